The van der Waals surface area contributed by atoms with E-state index in [4.69, 9.17) is 9.84 Å². The molecule has 2 heterocycles. The van der Waals surface area contributed by atoms with Crippen LogP contribution in [-0.4, -0.2) is 16.1 Å². The van der Waals surface area contributed by atoms with Crippen LogP contribution in [0.25, 0.3) is 0 Å². The van der Waals surface area contributed by atoms with Gasteiger partial charge < -0.3 is 9.84 Å². The summed E-state index contributed by atoms with van der Waals surface area (Å²) in [6, 6.07) is 1.53. The standard InChI is InChI=1S/C12H13NO3S2/c1-2-3-11-13-8(6-18-11)5-16-9-4-10(12(14)15)17-7-9/h4,6-7H,2-3,5H2,1H3,(H,14,15). The van der Waals surface area contributed by atoms with Crippen molar-refractivity contribution >= 4 is 28.6 Å². The number of hydrogen-bond acceptors (Lipinski definition) is 5. The third-order valence-electron chi connectivity index (χ3n) is 2.24. The molecule has 2 aromatic rings. The van der Waals surface area contributed by atoms with Crippen molar-refractivity contribution in [3.63, 3.8) is 0 Å². The fraction of sp³-hybridized carbons (Fsp3) is 0.333. The lowest BCUT2D eigenvalue weighted by molar-refractivity contribution is 0.0702. The van der Waals surface area contributed by atoms with Gasteiger partial charge in [0, 0.05) is 16.8 Å². The van der Waals surface area contributed by atoms with Gasteiger partial charge in [-0.05, 0) is 12.8 Å². The molecule has 96 valence electrons. The van der Waals surface area contributed by atoms with Gasteiger partial charge in [0.15, 0.2) is 0 Å². The Balaban J connectivity index is 1.91. The van der Waals surface area contributed by atoms with Gasteiger partial charge >= 0.3 is 5.97 Å². The maximum Gasteiger partial charge on any atom is 0.346 e. The van der Waals surface area contributed by atoms with Crippen molar-refractivity contribution in [3.8, 4) is 5.75 Å². The SMILES string of the molecule is CCCc1nc(COc2csc(C(=O)O)c2)cs1. The van der Waals surface area contributed by atoms with E-state index >= 15 is 0 Å². The van der Waals surface area contributed by atoms with Crippen LogP contribution < -0.4 is 4.74 Å². The molecule has 0 aliphatic carbocycles. The molecule has 0 saturated carbocycles. The van der Waals surface area contributed by atoms with E-state index in [0.29, 0.717) is 12.4 Å². The predicted octanol–water partition coefficient (Wildman–Crippen LogP) is 3.43. The maximum absolute atomic E-state index is 10.7. The summed E-state index contributed by atoms with van der Waals surface area (Å²) in [5.74, 6) is -0.337. The predicted molar refractivity (Wildman–Crippen MR) is 71.7 cm³/mol. The minimum Gasteiger partial charge on any atom is -0.486 e. The zero-order valence-electron chi connectivity index (χ0n) is 9.88. The molecule has 0 aliphatic rings. The van der Waals surface area contributed by atoms with Crippen molar-refractivity contribution in [2.45, 2.75) is 26.4 Å². The second kappa shape index (κ2) is 5.97. The molecule has 0 amide bonds. The number of aromatic nitrogens is 1. The second-order valence-electron chi connectivity index (χ2n) is 3.72. The molecule has 6 heteroatoms. The molecule has 18 heavy (non-hydrogen) atoms. The Labute approximate surface area is 113 Å². The Hall–Kier alpha value is -1.40. The van der Waals surface area contributed by atoms with Gasteiger partial charge in [0.05, 0.1) is 10.7 Å². The highest BCUT2D eigenvalue weighted by atomic mass is 32.1. The molecule has 0 saturated heterocycles. The zero-order chi connectivity index (χ0) is 13.0. The van der Waals surface area contributed by atoms with Crippen molar-refractivity contribution < 1.29 is 14.6 Å². The van der Waals surface area contributed by atoms with Crippen LogP contribution in [0.1, 0.15) is 33.7 Å². The van der Waals surface area contributed by atoms with E-state index in [2.05, 4.69) is 11.9 Å². The highest BCUT2D eigenvalue weighted by Gasteiger charge is 2.08. The molecule has 1 N–H and O–H groups in total. The number of hydrogen-bond donors (Lipinski definition) is 1. The fourth-order valence-electron chi connectivity index (χ4n) is 1.41. The van der Waals surface area contributed by atoms with Crippen molar-refractivity contribution in [2.24, 2.45) is 0 Å². The highest BCUT2D eigenvalue weighted by Crippen LogP contribution is 2.22. The van der Waals surface area contributed by atoms with Gasteiger partial charge in [-0.2, -0.15) is 0 Å². The molecule has 4 nitrogen and oxygen atoms in total. The van der Waals surface area contributed by atoms with Crippen molar-refractivity contribution in [2.75, 3.05) is 0 Å². The lowest BCUT2D eigenvalue weighted by Crippen LogP contribution is -1.96. The van der Waals surface area contributed by atoms with Crippen molar-refractivity contribution in [1.29, 1.82) is 0 Å². The first-order valence-electron chi connectivity index (χ1n) is 5.57. The van der Waals surface area contributed by atoms with E-state index in [0.717, 1.165) is 34.9 Å². The minimum absolute atomic E-state index is 0.287. The van der Waals surface area contributed by atoms with Crippen LogP contribution >= 0.6 is 22.7 Å². The van der Waals surface area contributed by atoms with Gasteiger partial charge in [-0.3, -0.25) is 0 Å². The van der Waals surface area contributed by atoms with E-state index in [9.17, 15) is 4.79 Å². The van der Waals surface area contributed by atoms with Gasteiger partial charge in [0.1, 0.15) is 17.2 Å². The van der Waals surface area contributed by atoms with E-state index < -0.39 is 5.97 Å². The summed E-state index contributed by atoms with van der Waals surface area (Å²) < 4.78 is 5.51. The molecule has 0 aliphatic heterocycles. The summed E-state index contributed by atoms with van der Waals surface area (Å²) in [4.78, 5) is 15.4. The monoisotopic (exact) mass is 283 g/mol. The number of nitrogens with zero attached hydrogens (tertiary/aromatic N) is 1. The first-order chi connectivity index (χ1) is 8.69. The molecule has 0 bridgehead atoms. The van der Waals surface area contributed by atoms with E-state index in [1.807, 2.05) is 5.38 Å². The Morgan fingerprint density at radius 3 is 2.94 bits per heavy atom. The van der Waals surface area contributed by atoms with Crippen LogP contribution in [0.4, 0.5) is 0 Å². The molecule has 0 spiro atoms. The van der Waals surface area contributed by atoms with Crippen LogP contribution in [0.3, 0.4) is 0 Å². The average molecular weight is 283 g/mol. The van der Waals surface area contributed by atoms with Gasteiger partial charge in [-0.1, -0.05) is 6.92 Å². The number of aryl methyl sites for hydroxylation is 1. The largest absolute Gasteiger partial charge is 0.486 e. The van der Waals surface area contributed by atoms with Crippen molar-refractivity contribution in [1.82, 2.24) is 4.98 Å². The molecule has 0 fully saturated rings. The zero-order valence-corrected chi connectivity index (χ0v) is 11.5. The van der Waals surface area contributed by atoms with E-state index in [-0.39, 0.29) is 4.88 Å². The number of carboxylic acids is 1. The molecule has 0 unspecified atom stereocenters. The summed E-state index contributed by atoms with van der Waals surface area (Å²) in [6.07, 6.45) is 2.08. The first-order valence-corrected chi connectivity index (χ1v) is 7.33. The fourth-order valence-corrected chi connectivity index (χ4v) is 2.96. The lowest BCUT2D eigenvalue weighted by atomic mass is 10.3. The quantitative estimate of drug-likeness (QED) is 0.882. The molecule has 0 aromatic carbocycles. The number of carboxylic acid groups (broad SMARTS) is 1. The number of carbonyl (C=O) groups is 1. The van der Waals surface area contributed by atoms with Gasteiger partial charge in [0.2, 0.25) is 0 Å². The Bertz CT molecular complexity index is 533. The second-order valence-corrected chi connectivity index (χ2v) is 5.58. The van der Waals surface area contributed by atoms with Gasteiger partial charge in [-0.15, -0.1) is 22.7 Å². The molecule has 2 rings (SSSR count). The van der Waals surface area contributed by atoms with E-state index in [1.54, 1.807) is 16.7 Å². The topological polar surface area (TPSA) is 59.4 Å². The van der Waals surface area contributed by atoms with Crippen molar-refractivity contribution in [3.05, 3.63) is 32.4 Å². The van der Waals surface area contributed by atoms with Crippen LogP contribution in [0.2, 0.25) is 0 Å². The molecular weight excluding hydrogens is 270 g/mol. The Morgan fingerprint density at radius 1 is 1.44 bits per heavy atom. The highest BCUT2D eigenvalue weighted by molar-refractivity contribution is 7.12. The Kier molecular flexibility index (Phi) is 4.33. The minimum atomic E-state index is -0.922. The van der Waals surface area contributed by atoms with Gasteiger partial charge in [-0.25, -0.2) is 9.78 Å². The maximum atomic E-state index is 10.7. The summed E-state index contributed by atoms with van der Waals surface area (Å²) in [6.45, 7) is 2.51. The van der Waals surface area contributed by atoms with Crippen LogP contribution in [-0.2, 0) is 13.0 Å². The molecule has 0 atom stereocenters. The summed E-state index contributed by atoms with van der Waals surface area (Å²) in [5.41, 5.74) is 0.895. The van der Waals surface area contributed by atoms with Gasteiger partial charge in [0.25, 0.3) is 0 Å². The summed E-state index contributed by atoms with van der Waals surface area (Å²) >= 11 is 2.80. The lowest BCUT2D eigenvalue weighted by Gasteiger charge is -1.99. The number of ether oxygens (including phenoxy) is 1. The molecule has 0 radical (unpaired) electrons. The normalized spacial score (nSPS) is 10.5. The van der Waals surface area contributed by atoms with Crippen LogP contribution in [0, 0.1) is 0 Å². The number of thiazole rings is 1. The molecule has 2 aromatic heterocycles. The average Bonchev–Trinajstić information content (AvgIpc) is 2.95. The van der Waals surface area contributed by atoms with E-state index in [1.165, 1.54) is 6.07 Å². The summed E-state index contributed by atoms with van der Waals surface area (Å²) in [7, 11) is 0. The third-order valence-corrected chi connectivity index (χ3v) is 4.09. The summed E-state index contributed by atoms with van der Waals surface area (Å²) in [5, 5.41) is 13.6. The van der Waals surface area contributed by atoms with Crippen LogP contribution in [0.15, 0.2) is 16.8 Å². The number of thiophene rings is 1. The number of aromatic carboxylic acids is 1. The third kappa shape index (κ3) is 3.30. The van der Waals surface area contributed by atoms with Crippen LogP contribution in [0.5, 0.6) is 5.75 Å². The Morgan fingerprint density at radius 2 is 2.28 bits per heavy atom. The smallest absolute Gasteiger partial charge is 0.346 e. The molecular formula is C12H13NO3S2. The number of rotatable bonds is 6. The first kappa shape index (κ1) is 13.0.